The van der Waals surface area contributed by atoms with Crippen LogP contribution in [0.5, 0.6) is 11.5 Å². The van der Waals surface area contributed by atoms with E-state index in [0.717, 1.165) is 69.0 Å². The van der Waals surface area contributed by atoms with E-state index in [1.807, 2.05) is 12.1 Å². The molecule has 1 N–H and O–H groups in total. The standard InChI is InChI=1S/C28H35N3O3/c32-27(21-7-1-2-8-21)26(23-13-12-20-6-3-4-9-22(20)29-23)31-16-14-30(15-17-31)24-10-5-11-25-28(24)34-19-18-33-25/h3-6,9-11,21,23,26,29H,1-2,7-8,12-19H2. The molecule has 1 aliphatic carbocycles. The molecule has 2 aromatic rings. The Hall–Kier alpha value is -2.73. The van der Waals surface area contributed by atoms with Gasteiger partial charge in [0.25, 0.3) is 0 Å². The molecule has 1 saturated heterocycles. The van der Waals surface area contributed by atoms with Crippen LogP contribution in [0, 0.1) is 5.92 Å². The maximum Gasteiger partial charge on any atom is 0.184 e. The third kappa shape index (κ3) is 4.13. The van der Waals surface area contributed by atoms with Gasteiger partial charge in [-0.15, -0.1) is 0 Å². The number of piperazine rings is 1. The lowest BCUT2D eigenvalue weighted by Gasteiger charge is -2.44. The zero-order valence-corrected chi connectivity index (χ0v) is 19.9. The number of nitrogens with one attached hydrogen (secondary N) is 1. The van der Waals surface area contributed by atoms with Gasteiger partial charge in [-0.2, -0.15) is 0 Å². The third-order valence-electron chi connectivity index (χ3n) is 8.11. The van der Waals surface area contributed by atoms with Crippen LogP contribution in [0.1, 0.15) is 37.7 Å². The van der Waals surface area contributed by atoms with E-state index in [9.17, 15) is 4.79 Å². The van der Waals surface area contributed by atoms with E-state index in [2.05, 4.69) is 45.4 Å². The van der Waals surface area contributed by atoms with Gasteiger partial charge in [-0.25, -0.2) is 0 Å². The van der Waals surface area contributed by atoms with E-state index in [1.165, 1.54) is 24.1 Å². The molecule has 6 nitrogen and oxygen atoms in total. The van der Waals surface area contributed by atoms with Crippen molar-refractivity contribution in [3.63, 3.8) is 0 Å². The first-order valence-electron chi connectivity index (χ1n) is 13.0. The first-order valence-corrected chi connectivity index (χ1v) is 13.0. The maximum atomic E-state index is 13.9. The Morgan fingerprint density at radius 3 is 2.56 bits per heavy atom. The second kappa shape index (κ2) is 9.49. The van der Waals surface area contributed by atoms with Crippen molar-refractivity contribution in [3.05, 3.63) is 48.0 Å². The number of carbonyl (C=O) groups is 1. The minimum absolute atomic E-state index is 0.0529. The van der Waals surface area contributed by atoms with Gasteiger partial charge in [0, 0.05) is 43.8 Å². The van der Waals surface area contributed by atoms with Crippen molar-refractivity contribution >= 4 is 17.2 Å². The molecule has 0 spiro atoms. The summed E-state index contributed by atoms with van der Waals surface area (Å²) >= 11 is 0. The lowest BCUT2D eigenvalue weighted by Crippen LogP contribution is -2.59. The van der Waals surface area contributed by atoms with Crippen molar-refractivity contribution in [2.24, 2.45) is 5.92 Å². The number of aryl methyl sites for hydroxylation is 1. The van der Waals surface area contributed by atoms with Crippen molar-refractivity contribution in [3.8, 4) is 11.5 Å². The Labute approximate surface area is 202 Å². The van der Waals surface area contributed by atoms with Crippen molar-refractivity contribution in [2.75, 3.05) is 49.6 Å². The Morgan fingerprint density at radius 2 is 1.71 bits per heavy atom. The smallest absolute Gasteiger partial charge is 0.184 e. The van der Waals surface area contributed by atoms with E-state index in [4.69, 9.17) is 9.47 Å². The summed E-state index contributed by atoms with van der Waals surface area (Å²) < 4.78 is 11.8. The van der Waals surface area contributed by atoms with E-state index >= 15 is 0 Å². The molecule has 180 valence electrons. The fourth-order valence-corrected chi connectivity index (χ4v) is 6.33. The van der Waals surface area contributed by atoms with Crippen molar-refractivity contribution in [1.82, 2.24) is 4.90 Å². The zero-order valence-electron chi connectivity index (χ0n) is 19.9. The molecule has 0 bridgehead atoms. The number of rotatable bonds is 5. The molecule has 2 aromatic carbocycles. The number of hydrogen-bond acceptors (Lipinski definition) is 6. The minimum atomic E-state index is -0.0529. The van der Waals surface area contributed by atoms with Crippen LogP contribution in [0.15, 0.2) is 42.5 Å². The molecule has 2 unspecified atom stereocenters. The van der Waals surface area contributed by atoms with Crippen LogP contribution in [0.2, 0.25) is 0 Å². The van der Waals surface area contributed by atoms with Gasteiger partial charge in [0.2, 0.25) is 0 Å². The van der Waals surface area contributed by atoms with E-state index in [-0.39, 0.29) is 18.0 Å². The number of fused-ring (bicyclic) bond motifs is 2. The molecule has 34 heavy (non-hydrogen) atoms. The quantitative estimate of drug-likeness (QED) is 0.723. The number of carbonyl (C=O) groups excluding carboxylic acids is 1. The molecule has 3 aliphatic heterocycles. The van der Waals surface area contributed by atoms with Crippen molar-refractivity contribution in [1.29, 1.82) is 0 Å². The average molecular weight is 462 g/mol. The fourth-order valence-electron chi connectivity index (χ4n) is 6.33. The highest BCUT2D eigenvalue weighted by atomic mass is 16.6. The lowest BCUT2D eigenvalue weighted by atomic mass is 9.85. The summed E-state index contributed by atoms with van der Waals surface area (Å²) in [5.41, 5.74) is 3.68. The number of benzene rings is 2. The van der Waals surface area contributed by atoms with Crippen molar-refractivity contribution in [2.45, 2.75) is 50.6 Å². The number of para-hydroxylation sites is 2. The van der Waals surface area contributed by atoms with Gasteiger partial charge < -0.3 is 19.7 Å². The number of hydrogen-bond donors (Lipinski definition) is 1. The van der Waals surface area contributed by atoms with Crippen LogP contribution in [0.25, 0.3) is 0 Å². The minimum Gasteiger partial charge on any atom is -0.486 e. The van der Waals surface area contributed by atoms with Gasteiger partial charge in [-0.3, -0.25) is 9.69 Å². The molecule has 1 saturated carbocycles. The van der Waals surface area contributed by atoms with Crippen LogP contribution in [0.3, 0.4) is 0 Å². The molecular formula is C28H35N3O3. The average Bonchev–Trinajstić information content (AvgIpc) is 3.44. The molecule has 6 rings (SSSR count). The molecule has 0 amide bonds. The molecule has 2 fully saturated rings. The molecule has 6 heteroatoms. The predicted octanol–water partition coefficient (Wildman–Crippen LogP) is 4.13. The first kappa shape index (κ1) is 21.8. The molecule has 3 heterocycles. The highest BCUT2D eigenvalue weighted by Gasteiger charge is 2.40. The summed E-state index contributed by atoms with van der Waals surface area (Å²) in [6.45, 7) is 4.74. The predicted molar refractivity (Wildman–Crippen MR) is 134 cm³/mol. The summed E-state index contributed by atoms with van der Waals surface area (Å²) in [5.74, 6) is 2.40. The highest BCUT2D eigenvalue weighted by Crippen LogP contribution is 2.40. The third-order valence-corrected chi connectivity index (χ3v) is 8.11. The molecule has 0 aromatic heterocycles. The van der Waals surface area contributed by atoms with E-state index in [0.29, 0.717) is 19.0 Å². The molecule has 4 aliphatic rings. The van der Waals surface area contributed by atoms with Gasteiger partial charge in [0.1, 0.15) is 13.2 Å². The Morgan fingerprint density at radius 1 is 0.912 bits per heavy atom. The molecular weight excluding hydrogens is 426 g/mol. The summed E-state index contributed by atoms with van der Waals surface area (Å²) in [6.07, 6.45) is 6.56. The van der Waals surface area contributed by atoms with Gasteiger partial charge in [-0.1, -0.05) is 37.1 Å². The van der Waals surface area contributed by atoms with Gasteiger partial charge in [0.15, 0.2) is 17.3 Å². The Bertz CT molecular complexity index is 1030. The summed E-state index contributed by atoms with van der Waals surface area (Å²) in [6, 6.07) is 14.9. The van der Waals surface area contributed by atoms with E-state index < -0.39 is 0 Å². The topological polar surface area (TPSA) is 54.0 Å². The zero-order chi connectivity index (χ0) is 22.9. The summed E-state index contributed by atoms with van der Waals surface area (Å²) in [7, 11) is 0. The lowest BCUT2D eigenvalue weighted by molar-refractivity contribution is -0.129. The van der Waals surface area contributed by atoms with Crippen LogP contribution < -0.4 is 19.7 Å². The number of Topliss-reactive ketones (excluding diaryl/α,β-unsaturated/α-hetero) is 1. The van der Waals surface area contributed by atoms with Gasteiger partial charge in [0.05, 0.1) is 11.7 Å². The Balaban J connectivity index is 1.21. The second-order valence-electron chi connectivity index (χ2n) is 10.1. The summed E-state index contributed by atoms with van der Waals surface area (Å²) in [4.78, 5) is 18.7. The first-order chi connectivity index (χ1) is 16.8. The SMILES string of the molecule is O=C(C1CCCC1)C(C1CCc2ccccc2N1)N1CCN(c2cccc3c2OCCO3)CC1. The van der Waals surface area contributed by atoms with Crippen LogP contribution >= 0.6 is 0 Å². The number of ether oxygens (including phenoxy) is 2. The molecule has 2 atom stereocenters. The summed E-state index contributed by atoms with van der Waals surface area (Å²) in [5, 5.41) is 3.77. The monoisotopic (exact) mass is 461 g/mol. The number of anilines is 2. The molecule has 0 radical (unpaired) electrons. The fraction of sp³-hybridized carbons (Fsp3) is 0.536. The number of nitrogens with zero attached hydrogens (tertiary/aromatic N) is 2. The largest absolute Gasteiger partial charge is 0.486 e. The Kier molecular flexibility index (Phi) is 6.08. The van der Waals surface area contributed by atoms with Crippen LogP contribution in [-0.2, 0) is 11.2 Å². The highest BCUT2D eigenvalue weighted by molar-refractivity contribution is 5.88. The maximum absolute atomic E-state index is 13.9. The van der Waals surface area contributed by atoms with Crippen LogP contribution in [0.4, 0.5) is 11.4 Å². The van der Waals surface area contributed by atoms with Crippen molar-refractivity contribution < 1.29 is 14.3 Å². The second-order valence-corrected chi connectivity index (χ2v) is 10.1. The van der Waals surface area contributed by atoms with Crippen LogP contribution in [-0.4, -0.2) is 62.2 Å². The van der Waals surface area contributed by atoms with E-state index in [1.54, 1.807) is 0 Å². The van der Waals surface area contributed by atoms with Gasteiger partial charge >= 0.3 is 0 Å². The number of ketones is 1. The van der Waals surface area contributed by atoms with Gasteiger partial charge in [-0.05, 0) is 49.4 Å². The normalized spacial score (nSPS) is 23.8.